The van der Waals surface area contributed by atoms with E-state index in [0.29, 0.717) is 19.0 Å². The second-order valence-corrected chi connectivity index (χ2v) is 9.52. The first kappa shape index (κ1) is 18.6. The third-order valence-electron chi connectivity index (χ3n) is 5.99. The second kappa shape index (κ2) is 6.82. The maximum atomic E-state index is 13.1. The highest BCUT2D eigenvalue weighted by Gasteiger charge is 2.29. The first-order valence-corrected chi connectivity index (χ1v) is 11.4. The van der Waals surface area contributed by atoms with Crippen LogP contribution in [0.15, 0.2) is 21.5 Å². The molecule has 0 radical (unpaired) electrons. The lowest BCUT2D eigenvalue weighted by Gasteiger charge is -2.25. The molecular weight excluding hydrogens is 392 g/mol. The van der Waals surface area contributed by atoms with Crippen LogP contribution in [0.1, 0.15) is 28.7 Å². The molecule has 0 saturated carbocycles. The summed E-state index contributed by atoms with van der Waals surface area (Å²) >= 11 is 0. The number of nitrogens with one attached hydrogen (secondary N) is 2. The largest absolute Gasteiger partial charge is 0.475 e. The standard InChI is InChI=1S/C19H24N6O3S/c1-21-13-9-25-18(28-10-13)16(8-22-25)29(20,27)24-19(26)23-17-14-4-2-3-11(14)7-12-5-6-15(12)17/h7-8,13,21H,2-6,9-10H2,1H3,(H3,20,23,24,26,27)/t13-,29-/m0/s1. The number of anilines is 1. The predicted molar refractivity (Wildman–Crippen MR) is 108 cm³/mol. The van der Waals surface area contributed by atoms with E-state index in [9.17, 15) is 9.00 Å². The monoisotopic (exact) mass is 416 g/mol. The Bertz CT molecular complexity index is 1130. The molecule has 29 heavy (non-hydrogen) atoms. The van der Waals surface area contributed by atoms with Gasteiger partial charge in [0.2, 0.25) is 5.88 Å². The van der Waals surface area contributed by atoms with Crippen molar-refractivity contribution < 1.29 is 13.7 Å². The molecule has 154 valence electrons. The molecule has 9 nitrogen and oxygen atoms in total. The number of hydrogen-bond donors (Lipinski definition) is 3. The lowest BCUT2D eigenvalue weighted by atomic mass is 9.83. The van der Waals surface area contributed by atoms with Gasteiger partial charge in [-0.05, 0) is 61.4 Å². The van der Waals surface area contributed by atoms with Crippen molar-refractivity contribution >= 4 is 21.6 Å². The van der Waals surface area contributed by atoms with Crippen molar-refractivity contribution in [1.29, 1.82) is 0 Å². The number of likely N-dealkylation sites (N-methyl/N-ethyl adjacent to an activating group) is 1. The van der Waals surface area contributed by atoms with E-state index < -0.39 is 15.9 Å². The van der Waals surface area contributed by atoms with Crippen molar-refractivity contribution in [2.45, 2.75) is 49.6 Å². The van der Waals surface area contributed by atoms with Crippen molar-refractivity contribution in [2.24, 2.45) is 9.50 Å². The molecular formula is C19H24N6O3S. The van der Waals surface area contributed by atoms with Gasteiger partial charge >= 0.3 is 6.03 Å². The highest BCUT2D eigenvalue weighted by molar-refractivity contribution is 7.91. The maximum absolute atomic E-state index is 13.1. The number of rotatable bonds is 3. The molecule has 1 aromatic carbocycles. The van der Waals surface area contributed by atoms with E-state index in [1.54, 1.807) is 4.68 Å². The zero-order chi connectivity index (χ0) is 20.2. The van der Waals surface area contributed by atoms with Gasteiger partial charge in [0, 0.05) is 5.69 Å². The van der Waals surface area contributed by atoms with Gasteiger partial charge in [0.25, 0.3) is 0 Å². The second-order valence-electron chi connectivity index (χ2n) is 7.76. The number of hydrogen-bond acceptors (Lipinski definition) is 5. The van der Waals surface area contributed by atoms with Crippen LogP contribution in [0, 0.1) is 0 Å². The number of nitrogens with two attached hydrogens (primary N) is 1. The number of amides is 2. The summed E-state index contributed by atoms with van der Waals surface area (Å²) in [7, 11) is -1.65. The minimum Gasteiger partial charge on any atom is -0.475 e. The fourth-order valence-corrected chi connectivity index (χ4v) is 5.35. The number of ether oxygens (including phenoxy) is 1. The lowest BCUT2D eigenvalue weighted by Crippen LogP contribution is -2.40. The summed E-state index contributed by atoms with van der Waals surface area (Å²) < 4.78 is 24.2. The Labute approximate surface area is 169 Å². The Morgan fingerprint density at radius 3 is 2.86 bits per heavy atom. The highest BCUT2D eigenvalue weighted by atomic mass is 32.2. The molecule has 2 heterocycles. The van der Waals surface area contributed by atoms with E-state index in [1.807, 2.05) is 7.05 Å². The van der Waals surface area contributed by atoms with Gasteiger partial charge in [-0.1, -0.05) is 6.07 Å². The Morgan fingerprint density at radius 2 is 2.10 bits per heavy atom. The van der Waals surface area contributed by atoms with Crippen LogP contribution in [0.3, 0.4) is 0 Å². The van der Waals surface area contributed by atoms with Gasteiger partial charge in [-0.15, -0.1) is 4.36 Å². The lowest BCUT2D eigenvalue weighted by molar-refractivity contribution is 0.184. The summed E-state index contributed by atoms with van der Waals surface area (Å²) in [6.07, 6.45) is 6.40. The van der Waals surface area contributed by atoms with E-state index >= 15 is 0 Å². The van der Waals surface area contributed by atoms with E-state index in [0.717, 1.165) is 37.8 Å². The van der Waals surface area contributed by atoms with Gasteiger partial charge in [0.1, 0.15) is 11.5 Å². The van der Waals surface area contributed by atoms with Crippen LogP contribution in [0.2, 0.25) is 0 Å². The molecule has 1 aliphatic heterocycles. The molecule has 2 aromatic rings. The summed E-state index contributed by atoms with van der Waals surface area (Å²) in [5.41, 5.74) is 5.77. The molecule has 5 rings (SSSR count). The summed E-state index contributed by atoms with van der Waals surface area (Å²) in [5, 5.41) is 16.2. The Kier molecular flexibility index (Phi) is 4.37. The molecule has 10 heteroatoms. The average Bonchev–Trinajstić information content (AvgIpc) is 3.30. The fraction of sp³-hybridized carbons (Fsp3) is 0.474. The SMILES string of the molecule is CN[C@@H]1COc2c([S@@](N)(=O)=NC(=O)Nc3c4c(cc5c3CC5)CCC4)cnn2C1. The average molecular weight is 417 g/mol. The van der Waals surface area contributed by atoms with Crippen molar-refractivity contribution in [3.63, 3.8) is 0 Å². The summed E-state index contributed by atoms with van der Waals surface area (Å²) in [4.78, 5) is 12.8. The molecule has 2 amide bonds. The molecule has 0 saturated heterocycles. The molecule has 2 atom stereocenters. The Hall–Kier alpha value is -2.43. The Morgan fingerprint density at radius 1 is 1.31 bits per heavy atom. The van der Waals surface area contributed by atoms with E-state index in [-0.39, 0.29) is 10.9 Å². The predicted octanol–water partition coefficient (Wildman–Crippen LogP) is 1.38. The van der Waals surface area contributed by atoms with Crippen molar-refractivity contribution in [1.82, 2.24) is 15.1 Å². The Balaban J connectivity index is 1.44. The molecule has 0 bridgehead atoms. The smallest absolute Gasteiger partial charge is 0.354 e. The topological polar surface area (TPSA) is 124 Å². The quantitative estimate of drug-likeness (QED) is 0.697. The molecule has 3 aliphatic rings. The zero-order valence-corrected chi connectivity index (χ0v) is 17.1. The van der Waals surface area contributed by atoms with Crippen LogP contribution in [0.4, 0.5) is 10.5 Å². The van der Waals surface area contributed by atoms with Crippen LogP contribution >= 0.6 is 0 Å². The number of nitrogens with zero attached hydrogens (tertiary/aromatic N) is 3. The van der Waals surface area contributed by atoms with Gasteiger partial charge in [-0.25, -0.2) is 18.8 Å². The molecule has 4 N–H and O–H groups in total. The first-order chi connectivity index (χ1) is 14.0. The highest BCUT2D eigenvalue weighted by Crippen LogP contribution is 2.39. The number of carbonyl (C=O) groups is 1. The minimum absolute atomic E-state index is 0.0997. The molecule has 0 fully saturated rings. The number of aromatic nitrogens is 2. The number of fused-ring (bicyclic) bond motifs is 3. The molecule has 0 spiro atoms. The van der Waals surface area contributed by atoms with E-state index in [4.69, 9.17) is 9.88 Å². The molecule has 2 aliphatic carbocycles. The first-order valence-electron chi connectivity index (χ1n) is 9.84. The fourth-order valence-electron chi connectivity index (χ4n) is 4.35. The molecule has 1 aromatic heterocycles. The number of carbonyl (C=O) groups excluding carboxylic acids is 1. The zero-order valence-electron chi connectivity index (χ0n) is 16.2. The third-order valence-corrected chi connectivity index (χ3v) is 7.34. The third kappa shape index (κ3) is 3.11. The van der Waals surface area contributed by atoms with Crippen LogP contribution in [-0.2, 0) is 42.1 Å². The van der Waals surface area contributed by atoms with Gasteiger partial charge in [0.05, 0.1) is 18.8 Å². The summed E-state index contributed by atoms with van der Waals surface area (Å²) in [5.74, 6) is 0.310. The van der Waals surface area contributed by atoms with Crippen LogP contribution in [0.5, 0.6) is 5.88 Å². The van der Waals surface area contributed by atoms with E-state index in [1.165, 1.54) is 28.5 Å². The van der Waals surface area contributed by atoms with Crippen molar-refractivity contribution in [3.05, 3.63) is 34.5 Å². The summed E-state index contributed by atoms with van der Waals surface area (Å²) in [6, 6.07) is 1.66. The van der Waals surface area contributed by atoms with Gasteiger partial charge < -0.3 is 15.4 Å². The van der Waals surface area contributed by atoms with Gasteiger partial charge in [-0.3, -0.25) is 0 Å². The van der Waals surface area contributed by atoms with Crippen molar-refractivity contribution in [2.75, 3.05) is 19.0 Å². The van der Waals surface area contributed by atoms with Crippen LogP contribution < -0.4 is 20.5 Å². The van der Waals surface area contributed by atoms with Crippen LogP contribution in [-0.4, -0.2) is 39.7 Å². The van der Waals surface area contributed by atoms with Gasteiger partial charge in [-0.2, -0.15) is 5.10 Å². The van der Waals surface area contributed by atoms with Crippen molar-refractivity contribution in [3.8, 4) is 5.88 Å². The summed E-state index contributed by atoms with van der Waals surface area (Å²) in [6.45, 7) is 0.967. The molecule has 0 unspecified atom stereocenters. The van der Waals surface area contributed by atoms with Gasteiger partial charge in [0.15, 0.2) is 9.92 Å². The maximum Gasteiger partial charge on any atom is 0.354 e. The van der Waals surface area contributed by atoms with E-state index in [2.05, 4.69) is 26.2 Å². The van der Waals surface area contributed by atoms with Crippen LogP contribution in [0.25, 0.3) is 0 Å². The minimum atomic E-state index is -3.49. The number of aryl methyl sites for hydroxylation is 2. The number of benzene rings is 1. The normalized spacial score (nSPS) is 21.1. The number of urea groups is 1.